The van der Waals surface area contributed by atoms with Crippen LogP contribution >= 0.6 is 28.1 Å². The summed E-state index contributed by atoms with van der Waals surface area (Å²) in [5.74, 6) is 0.289. The van der Waals surface area contributed by atoms with Crippen molar-refractivity contribution in [1.29, 1.82) is 0 Å². The molecular weight excluding hydrogens is 450 g/mol. The van der Waals surface area contributed by atoms with E-state index in [0.717, 1.165) is 32.4 Å². The van der Waals surface area contributed by atoms with Crippen LogP contribution in [0, 0.1) is 6.92 Å². The fourth-order valence-corrected chi connectivity index (χ4v) is 3.27. The number of rotatable bonds is 3. The van der Waals surface area contributed by atoms with Crippen molar-refractivity contribution < 1.29 is 9.21 Å². The molecule has 1 heterocycles. The molecule has 29 heavy (non-hydrogen) atoms. The molecule has 2 N–H and O–H groups in total. The summed E-state index contributed by atoms with van der Waals surface area (Å²) in [4.78, 5) is 16.8. The lowest BCUT2D eigenvalue weighted by Crippen LogP contribution is -2.34. The van der Waals surface area contributed by atoms with Gasteiger partial charge in [0.1, 0.15) is 5.52 Å². The van der Waals surface area contributed by atoms with Gasteiger partial charge in [0.2, 0.25) is 5.89 Å². The molecule has 0 fully saturated rings. The summed E-state index contributed by atoms with van der Waals surface area (Å²) < 4.78 is 6.73. The number of fused-ring (bicyclic) bond motifs is 1. The SMILES string of the molecule is Cc1ccc2oc(-c3ccc(NC(=S)NC(=O)c4ccc(Br)cc4)cc3)nc2c1. The van der Waals surface area contributed by atoms with Crippen LogP contribution in [0.1, 0.15) is 15.9 Å². The number of anilines is 1. The second-order valence-corrected chi connectivity index (χ2v) is 7.81. The van der Waals surface area contributed by atoms with E-state index in [0.29, 0.717) is 11.5 Å². The van der Waals surface area contributed by atoms with Crippen LogP contribution < -0.4 is 10.6 Å². The Morgan fingerprint density at radius 3 is 2.48 bits per heavy atom. The van der Waals surface area contributed by atoms with Crippen molar-refractivity contribution in [3.63, 3.8) is 0 Å². The Labute approximate surface area is 181 Å². The second kappa shape index (κ2) is 8.14. The maximum atomic E-state index is 12.2. The van der Waals surface area contributed by atoms with Crippen LogP contribution in [-0.2, 0) is 0 Å². The summed E-state index contributed by atoms with van der Waals surface area (Å²) >= 11 is 8.58. The van der Waals surface area contributed by atoms with Crippen molar-refractivity contribution in [3.8, 4) is 11.5 Å². The van der Waals surface area contributed by atoms with Gasteiger partial charge in [0.25, 0.3) is 5.91 Å². The quantitative estimate of drug-likeness (QED) is 0.380. The number of carbonyl (C=O) groups excluding carboxylic acids is 1. The number of nitrogens with zero attached hydrogens (tertiary/aromatic N) is 1. The predicted molar refractivity (Wildman–Crippen MR) is 122 cm³/mol. The summed E-state index contributed by atoms with van der Waals surface area (Å²) in [7, 11) is 0. The van der Waals surface area contributed by atoms with Crippen molar-refractivity contribution in [1.82, 2.24) is 10.3 Å². The highest BCUT2D eigenvalue weighted by Gasteiger charge is 2.10. The summed E-state index contributed by atoms with van der Waals surface area (Å²) in [6.45, 7) is 2.02. The molecule has 0 spiro atoms. The zero-order chi connectivity index (χ0) is 20.4. The lowest BCUT2D eigenvalue weighted by atomic mass is 10.2. The molecule has 0 aliphatic rings. The normalized spacial score (nSPS) is 10.7. The van der Waals surface area contributed by atoms with Crippen molar-refractivity contribution >= 4 is 56.0 Å². The van der Waals surface area contributed by atoms with E-state index in [1.54, 1.807) is 24.3 Å². The monoisotopic (exact) mass is 465 g/mol. The fraction of sp³-hybridized carbons (Fsp3) is 0.0455. The number of halogens is 1. The lowest BCUT2D eigenvalue weighted by Gasteiger charge is -2.10. The zero-order valence-corrected chi connectivity index (χ0v) is 17.8. The predicted octanol–water partition coefficient (Wildman–Crippen LogP) is 5.69. The average Bonchev–Trinajstić information content (AvgIpc) is 3.12. The van der Waals surface area contributed by atoms with Crippen LogP contribution in [0.3, 0.4) is 0 Å². The van der Waals surface area contributed by atoms with Crippen LogP contribution in [-0.4, -0.2) is 16.0 Å². The van der Waals surface area contributed by atoms with Gasteiger partial charge in [-0.2, -0.15) is 0 Å². The zero-order valence-electron chi connectivity index (χ0n) is 15.4. The van der Waals surface area contributed by atoms with Gasteiger partial charge in [-0.15, -0.1) is 0 Å². The Kier molecular flexibility index (Phi) is 5.42. The first-order valence-corrected chi connectivity index (χ1v) is 10.0. The Hall–Kier alpha value is -3.03. The molecule has 4 rings (SSSR count). The number of amides is 1. The summed E-state index contributed by atoms with van der Waals surface area (Å²) in [6, 6.07) is 20.4. The van der Waals surface area contributed by atoms with E-state index in [-0.39, 0.29) is 11.0 Å². The molecule has 1 aromatic heterocycles. The molecule has 0 aliphatic heterocycles. The molecule has 0 saturated carbocycles. The summed E-state index contributed by atoms with van der Waals surface area (Å²) in [5.41, 5.74) is 4.86. The Balaban J connectivity index is 1.42. The van der Waals surface area contributed by atoms with Gasteiger partial charge in [0.15, 0.2) is 10.7 Å². The van der Waals surface area contributed by atoms with Gasteiger partial charge in [-0.3, -0.25) is 10.1 Å². The van der Waals surface area contributed by atoms with E-state index >= 15 is 0 Å². The van der Waals surface area contributed by atoms with Gasteiger partial charge < -0.3 is 9.73 Å². The third kappa shape index (κ3) is 4.52. The molecule has 0 aliphatic carbocycles. The number of hydrogen-bond donors (Lipinski definition) is 2. The highest BCUT2D eigenvalue weighted by molar-refractivity contribution is 9.10. The molecule has 4 aromatic rings. The molecule has 144 valence electrons. The number of hydrogen-bond acceptors (Lipinski definition) is 4. The topological polar surface area (TPSA) is 67.2 Å². The lowest BCUT2D eigenvalue weighted by molar-refractivity contribution is 0.0977. The highest BCUT2D eigenvalue weighted by atomic mass is 79.9. The maximum absolute atomic E-state index is 12.2. The third-order valence-electron chi connectivity index (χ3n) is 4.27. The van der Waals surface area contributed by atoms with Crippen molar-refractivity contribution in [2.75, 3.05) is 5.32 Å². The fourth-order valence-electron chi connectivity index (χ4n) is 2.80. The van der Waals surface area contributed by atoms with E-state index in [9.17, 15) is 4.79 Å². The van der Waals surface area contributed by atoms with Crippen LogP contribution in [0.25, 0.3) is 22.6 Å². The van der Waals surface area contributed by atoms with Gasteiger partial charge in [-0.1, -0.05) is 22.0 Å². The Bertz CT molecular complexity index is 1200. The van der Waals surface area contributed by atoms with Crippen LogP contribution in [0.15, 0.2) is 75.6 Å². The van der Waals surface area contributed by atoms with Crippen LogP contribution in [0.2, 0.25) is 0 Å². The van der Waals surface area contributed by atoms with Crippen LogP contribution in [0.5, 0.6) is 0 Å². The number of aryl methyl sites for hydroxylation is 1. The van der Waals surface area contributed by atoms with Crippen molar-refractivity contribution in [3.05, 3.63) is 82.3 Å². The molecule has 3 aromatic carbocycles. The van der Waals surface area contributed by atoms with Gasteiger partial charge in [0, 0.05) is 21.3 Å². The van der Waals surface area contributed by atoms with Crippen LogP contribution in [0.4, 0.5) is 5.69 Å². The second-order valence-electron chi connectivity index (χ2n) is 6.48. The first-order valence-electron chi connectivity index (χ1n) is 8.83. The summed E-state index contributed by atoms with van der Waals surface area (Å²) in [5, 5.41) is 5.90. The minimum absolute atomic E-state index is 0.225. The Morgan fingerprint density at radius 1 is 1.03 bits per heavy atom. The molecule has 5 nitrogen and oxygen atoms in total. The van der Waals surface area contributed by atoms with E-state index < -0.39 is 0 Å². The van der Waals surface area contributed by atoms with E-state index in [1.807, 2.05) is 49.4 Å². The van der Waals surface area contributed by atoms with Gasteiger partial charge in [-0.05, 0) is 85.4 Å². The Morgan fingerprint density at radius 2 is 1.76 bits per heavy atom. The number of thiocarbonyl (C=S) groups is 1. The highest BCUT2D eigenvalue weighted by Crippen LogP contribution is 2.26. The third-order valence-corrected chi connectivity index (χ3v) is 5.00. The number of nitrogens with one attached hydrogen (secondary N) is 2. The largest absolute Gasteiger partial charge is 0.436 e. The summed E-state index contributed by atoms with van der Waals surface area (Å²) in [6.07, 6.45) is 0. The van der Waals surface area contributed by atoms with Gasteiger partial charge in [-0.25, -0.2) is 4.98 Å². The van der Waals surface area contributed by atoms with E-state index in [4.69, 9.17) is 16.6 Å². The molecular formula is C22H16BrN3O2S. The molecule has 0 atom stereocenters. The molecule has 7 heteroatoms. The molecule has 0 radical (unpaired) electrons. The van der Waals surface area contributed by atoms with E-state index in [1.165, 1.54) is 0 Å². The minimum atomic E-state index is -0.270. The minimum Gasteiger partial charge on any atom is -0.436 e. The van der Waals surface area contributed by atoms with Gasteiger partial charge in [0.05, 0.1) is 0 Å². The maximum Gasteiger partial charge on any atom is 0.257 e. The van der Waals surface area contributed by atoms with E-state index in [2.05, 4.69) is 31.5 Å². The smallest absolute Gasteiger partial charge is 0.257 e. The standard InChI is InChI=1S/C22H16BrN3O2S/c1-13-2-11-19-18(12-13)25-21(28-19)15-5-9-17(10-6-15)24-22(29)26-20(27)14-3-7-16(23)8-4-14/h2-12H,1H3,(H2,24,26,27,29). The van der Waals surface area contributed by atoms with Gasteiger partial charge >= 0.3 is 0 Å². The van der Waals surface area contributed by atoms with Crippen molar-refractivity contribution in [2.45, 2.75) is 6.92 Å². The first kappa shape index (κ1) is 19.3. The first-order chi connectivity index (χ1) is 14.0. The molecule has 0 bridgehead atoms. The average molecular weight is 466 g/mol. The van der Waals surface area contributed by atoms with Crippen molar-refractivity contribution in [2.24, 2.45) is 0 Å². The number of benzene rings is 3. The molecule has 0 saturated heterocycles. The molecule has 0 unspecified atom stereocenters. The number of aromatic nitrogens is 1. The number of oxazole rings is 1. The molecule has 1 amide bonds. The number of carbonyl (C=O) groups is 1.